The maximum atomic E-state index is 12.6. The van der Waals surface area contributed by atoms with E-state index >= 15 is 0 Å². The molecule has 3 aliphatic rings. The fourth-order valence-corrected chi connectivity index (χ4v) is 5.57. The summed E-state index contributed by atoms with van der Waals surface area (Å²) in [7, 11) is 2.06. The Kier molecular flexibility index (Phi) is 6.21. The van der Waals surface area contributed by atoms with Gasteiger partial charge in [0.15, 0.2) is 5.82 Å². The van der Waals surface area contributed by atoms with Crippen LogP contribution in [-0.2, 0) is 12.8 Å². The SMILES string of the molecule is CN(c1nccc(Nc2cc(C3CC3)[nH]n2)n1)[C@H]1CC[C@H](NC(=O)NC2Cc3ccccc3C2)CC1. The van der Waals surface area contributed by atoms with Crippen LogP contribution in [0.4, 0.5) is 22.4 Å². The number of nitrogens with one attached hydrogen (secondary N) is 4. The Morgan fingerprint density at radius 2 is 1.67 bits per heavy atom. The number of benzene rings is 1. The van der Waals surface area contributed by atoms with Crippen molar-refractivity contribution in [2.75, 3.05) is 17.3 Å². The smallest absolute Gasteiger partial charge is 0.315 e. The van der Waals surface area contributed by atoms with Crippen LogP contribution in [0.2, 0.25) is 0 Å². The molecule has 0 atom stereocenters. The molecule has 2 aromatic heterocycles. The van der Waals surface area contributed by atoms with Gasteiger partial charge in [-0.2, -0.15) is 10.1 Å². The molecule has 36 heavy (non-hydrogen) atoms. The molecule has 9 nitrogen and oxygen atoms in total. The molecule has 0 aliphatic heterocycles. The second-order valence-corrected chi connectivity index (χ2v) is 10.5. The van der Waals surface area contributed by atoms with Gasteiger partial charge in [0.05, 0.1) is 0 Å². The molecule has 2 amide bonds. The van der Waals surface area contributed by atoms with E-state index in [-0.39, 0.29) is 18.1 Å². The van der Waals surface area contributed by atoms with Gasteiger partial charge in [0.2, 0.25) is 5.95 Å². The van der Waals surface area contributed by atoms with E-state index in [1.165, 1.54) is 29.7 Å². The van der Waals surface area contributed by atoms with Crippen molar-refractivity contribution in [2.24, 2.45) is 0 Å². The third-order valence-corrected chi connectivity index (χ3v) is 7.80. The Morgan fingerprint density at radius 3 is 2.39 bits per heavy atom. The van der Waals surface area contributed by atoms with E-state index in [0.717, 1.165) is 50.2 Å². The van der Waals surface area contributed by atoms with E-state index < -0.39 is 0 Å². The Morgan fingerprint density at radius 1 is 0.944 bits per heavy atom. The predicted molar refractivity (Wildman–Crippen MR) is 140 cm³/mol. The molecule has 188 valence electrons. The minimum atomic E-state index is -0.0464. The Hall–Kier alpha value is -3.62. The fourth-order valence-electron chi connectivity index (χ4n) is 5.57. The molecule has 9 heteroatoms. The minimum absolute atomic E-state index is 0.0464. The van der Waals surface area contributed by atoms with Crippen LogP contribution in [0.5, 0.6) is 0 Å². The predicted octanol–water partition coefficient (Wildman–Crippen LogP) is 4.03. The number of H-pyrrole nitrogens is 1. The lowest BCUT2D eigenvalue weighted by molar-refractivity contribution is 0.227. The highest BCUT2D eigenvalue weighted by molar-refractivity contribution is 5.74. The summed E-state index contributed by atoms with van der Waals surface area (Å²) in [5.74, 6) is 2.86. The van der Waals surface area contributed by atoms with Crippen LogP contribution in [0.15, 0.2) is 42.6 Å². The third-order valence-electron chi connectivity index (χ3n) is 7.80. The minimum Gasteiger partial charge on any atom is -0.341 e. The summed E-state index contributed by atoms with van der Waals surface area (Å²) in [5.41, 5.74) is 3.89. The Bertz CT molecular complexity index is 1190. The maximum absolute atomic E-state index is 12.6. The van der Waals surface area contributed by atoms with Gasteiger partial charge in [0, 0.05) is 49.0 Å². The molecule has 3 aromatic rings. The van der Waals surface area contributed by atoms with Gasteiger partial charge >= 0.3 is 6.03 Å². The average Bonchev–Trinajstić information content (AvgIpc) is 3.50. The van der Waals surface area contributed by atoms with Gasteiger partial charge in [-0.3, -0.25) is 5.10 Å². The van der Waals surface area contributed by atoms with Gasteiger partial charge in [0.1, 0.15) is 5.82 Å². The first kappa shape index (κ1) is 22.8. The summed E-state index contributed by atoms with van der Waals surface area (Å²) in [5, 5.41) is 17.2. The lowest BCUT2D eigenvalue weighted by atomic mass is 9.90. The number of carbonyl (C=O) groups is 1. The second kappa shape index (κ2) is 9.79. The summed E-state index contributed by atoms with van der Waals surface area (Å²) in [6.07, 6.45) is 9.96. The molecule has 2 heterocycles. The number of nitrogens with zero attached hydrogens (tertiary/aromatic N) is 4. The topological polar surface area (TPSA) is 111 Å². The van der Waals surface area contributed by atoms with Crippen LogP contribution in [0.25, 0.3) is 0 Å². The number of fused-ring (bicyclic) bond motifs is 1. The summed E-state index contributed by atoms with van der Waals surface area (Å²) < 4.78 is 0. The largest absolute Gasteiger partial charge is 0.341 e. The first-order valence-electron chi connectivity index (χ1n) is 13.1. The van der Waals surface area contributed by atoms with Crippen molar-refractivity contribution >= 4 is 23.6 Å². The van der Waals surface area contributed by atoms with Crippen molar-refractivity contribution in [3.05, 3.63) is 59.4 Å². The monoisotopic (exact) mass is 486 g/mol. The highest BCUT2D eigenvalue weighted by Crippen LogP contribution is 2.39. The number of aromatic nitrogens is 4. The third kappa shape index (κ3) is 5.15. The van der Waals surface area contributed by atoms with E-state index in [0.29, 0.717) is 17.9 Å². The van der Waals surface area contributed by atoms with Crippen LogP contribution in [-0.4, -0.2) is 51.4 Å². The molecule has 0 spiro atoms. The number of carbonyl (C=O) groups excluding carboxylic acids is 1. The molecular weight excluding hydrogens is 452 g/mol. The van der Waals surface area contributed by atoms with Crippen LogP contribution >= 0.6 is 0 Å². The van der Waals surface area contributed by atoms with Gasteiger partial charge in [-0.05, 0) is 68.6 Å². The number of hydrogen-bond donors (Lipinski definition) is 4. The van der Waals surface area contributed by atoms with Crippen LogP contribution in [0, 0.1) is 0 Å². The van der Waals surface area contributed by atoms with Crippen molar-refractivity contribution in [3.8, 4) is 0 Å². The van der Waals surface area contributed by atoms with Crippen molar-refractivity contribution in [3.63, 3.8) is 0 Å². The molecule has 6 rings (SSSR count). The average molecular weight is 487 g/mol. The quantitative estimate of drug-likeness (QED) is 0.401. The van der Waals surface area contributed by atoms with Crippen molar-refractivity contribution in [1.29, 1.82) is 0 Å². The van der Waals surface area contributed by atoms with Gasteiger partial charge in [-0.25, -0.2) is 9.78 Å². The Balaban J connectivity index is 0.976. The van der Waals surface area contributed by atoms with Gasteiger partial charge in [-0.15, -0.1) is 0 Å². The van der Waals surface area contributed by atoms with Gasteiger partial charge in [0.25, 0.3) is 0 Å². The highest BCUT2D eigenvalue weighted by Gasteiger charge is 2.28. The van der Waals surface area contributed by atoms with Gasteiger partial charge in [-0.1, -0.05) is 24.3 Å². The van der Waals surface area contributed by atoms with Crippen LogP contribution < -0.4 is 20.9 Å². The lowest BCUT2D eigenvalue weighted by Crippen LogP contribution is -2.49. The number of rotatable bonds is 7. The highest BCUT2D eigenvalue weighted by atomic mass is 16.2. The van der Waals surface area contributed by atoms with Crippen LogP contribution in [0.3, 0.4) is 0 Å². The molecule has 0 unspecified atom stereocenters. The summed E-state index contributed by atoms with van der Waals surface area (Å²) in [4.78, 5) is 24.0. The van der Waals surface area contributed by atoms with Crippen molar-refractivity contribution in [2.45, 2.75) is 75.4 Å². The standard InChI is InChI=1S/C27H34N8O/c1-35(26-28-13-12-24(32-26)31-25-16-23(33-34-25)17-6-7-17)22-10-8-20(9-11-22)29-27(36)30-21-14-18-4-2-3-5-19(18)15-21/h2-5,12-13,16-17,20-22H,6-11,14-15H2,1H3,(H2,29,30,36)(H2,28,31,32,33,34)/t20-,22-. The summed E-state index contributed by atoms with van der Waals surface area (Å²) in [6.45, 7) is 0. The molecule has 1 aromatic carbocycles. The molecule has 0 bridgehead atoms. The molecule has 3 aliphatic carbocycles. The van der Waals surface area contributed by atoms with Crippen LogP contribution in [0.1, 0.15) is 61.3 Å². The van der Waals surface area contributed by atoms with E-state index in [1.807, 2.05) is 6.07 Å². The van der Waals surface area contributed by atoms with Gasteiger partial charge < -0.3 is 20.9 Å². The molecule has 2 saturated carbocycles. The molecule has 4 N–H and O–H groups in total. The first-order chi connectivity index (χ1) is 17.6. The maximum Gasteiger partial charge on any atom is 0.315 e. The van der Waals surface area contributed by atoms with E-state index in [1.54, 1.807) is 6.20 Å². The number of hydrogen-bond acceptors (Lipinski definition) is 6. The summed E-state index contributed by atoms with van der Waals surface area (Å²) >= 11 is 0. The molecule has 0 radical (unpaired) electrons. The Labute approximate surface area is 211 Å². The zero-order chi connectivity index (χ0) is 24.5. The molecular formula is C27H34N8O. The number of aromatic amines is 1. The lowest BCUT2D eigenvalue weighted by Gasteiger charge is -2.35. The van der Waals surface area contributed by atoms with E-state index in [9.17, 15) is 4.79 Å². The van der Waals surface area contributed by atoms with Crippen molar-refractivity contribution < 1.29 is 4.79 Å². The van der Waals surface area contributed by atoms with E-state index in [2.05, 4.69) is 73.4 Å². The zero-order valence-corrected chi connectivity index (χ0v) is 20.7. The number of amides is 2. The second-order valence-electron chi connectivity index (χ2n) is 10.5. The summed E-state index contributed by atoms with van der Waals surface area (Å²) in [6, 6.07) is 13.1. The zero-order valence-electron chi connectivity index (χ0n) is 20.7. The molecule has 2 fully saturated rings. The van der Waals surface area contributed by atoms with E-state index in [4.69, 9.17) is 4.98 Å². The number of urea groups is 1. The fraction of sp³-hybridized carbons (Fsp3) is 0.481. The first-order valence-corrected chi connectivity index (χ1v) is 13.1. The normalized spacial score (nSPS) is 21.6. The molecule has 0 saturated heterocycles. The van der Waals surface area contributed by atoms with Crippen molar-refractivity contribution in [1.82, 2.24) is 30.8 Å². The number of anilines is 3.